The van der Waals surface area contributed by atoms with E-state index in [9.17, 15) is 4.79 Å². The number of nitrogens with zero attached hydrogens (tertiary/aromatic N) is 3. The van der Waals surface area contributed by atoms with Crippen LogP contribution >= 0.6 is 23.1 Å². The van der Waals surface area contributed by atoms with Crippen LogP contribution in [0.2, 0.25) is 0 Å². The molecule has 8 nitrogen and oxygen atoms in total. The number of carbonyl (C=O) groups is 1. The molecule has 10 heteroatoms. The van der Waals surface area contributed by atoms with Gasteiger partial charge in [0.2, 0.25) is 11.0 Å². The Morgan fingerprint density at radius 3 is 2.79 bits per heavy atom. The number of anilines is 2. The van der Waals surface area contributed by atoms with Crippen molar-refractivity contribution in [3.63, 3.8) is 0 Å². The molecule has 1 aromatic heterocycles. The Morgan fingerprint density at radius 1 is 1.15 bits per heavy atom. The van der Waals surface area contributed by atoms with E-state index in [0.717, 1.165) is 32.8 Å². The fourth-order valence-electron chi connectivity index (χ4n) is 3.28. The average Bonchev–Trinajstić information content (AvgIpc) is 3.29. The van der Waals surface area contributed by atoms with Gasteiger partial charge >= 0.3 is 0 Å². The zero-order valence-electron chi connectivity index (χ0n) is 18.6. The van der Waals surface area contributed by atoms with Crippen LogP contribution in [0.15, 0.2) is 46.8 Å². The Balaban J connectivity index is 1.32. The summed E-state index contributed by atoms with van der Waals surface area (Å²) in [6.07, 6.45) is 0. The van der Waals surface area contributed by atoms with Crippen molar-refractivity contribution in [1.29, 1.82) is 0 Å². The largest absolute Gasteiger partial charge is 0.492 e. The number of rotatable bonds is 10. The summed E-state index contributed by atoms with van der Waals surface area (Å²) in [5, 5.41) is 12.3. The van der Waals surface area contributed by atoms with Crippen molar-refractivity contribution in [2.45, 2.75) is 24.7 Å². The molecule has 1 aliphatic heterocycles. The standard InChI is InChI=1S/C23H26N4O4S2/c1-3-27(14-16-9-10-19-20(13-16)31-12-11-30-19)21(28)15-32-23-26-25-22(33-23)24-17-7-5-6-8-18(17)29-4-2/h5-10,13H,3-4,11-12,14-15H2,1-2H3,(H,24,25). The molecule has 0 radical (unpaired) electrons. The summed E-state index contributed by atoms with van der Waals surface area (Å²) in [6, 6.07) is 13.5. The molecule has 0 aliphatic carbocycles. The third kappa shape index (κ3) is 6.08. The van der Waals surface area contributed by atoms with Crippen molar-refractivity contribution in [2.75, 3.05) is 37.4 Å². The number of nitrogens with one attached hydrogen (secondary N) is 1. The number of carbonyl (C=O) groups excluding carboxylic acids is 1. The SMILES string of the molecule is CCOc1ccccc1Nc1nnc(SCC(=O)N(CC)Cc2ccc3c(c2)OCCO3)s1. The number of fused-ring (bicyclic) bond motifs is 1. The molecule has 3 aromatic rings. The van der Waals surface area contributed by atoms with Crippen LogP contribution in [0, 0.1) is 0 Å². The van der Waals surface area contributed by atoms with Gasteiger partial charge in [0, 0.05) is 13.1 Å². The number of hydrogen-bond donors (Lipinski definition) is 1. The molecule has 2 heterocycles. The zero-order valence-corrected chi connectivity index (χ0v) is 20.2. The Labute approximate surface area is 201 Å². The second kappa shape index (κ2) is 11.2. The average molecular weight is 487 g/mol. The van der Waals surface area contributed by atoms with Crippen LogP contribution < -0.4 is 19.5 Å². The van der Waals surface area contributed by atoms with Gasteiger partial charge in [0.25, 0.3) is 0 Å². The topological polar surface area (TPSA) is 85.8 Å². The van der Waals surface area contributed by atoms with Crippen LogP contribution in [0.25, 0.3) is 0 Å². The quantitative estimate of drug-likeness (QED) is 0.417. The first-order chi connectivity index (χ1) is 16.2. The van der Waals surface area contributed by atoms with E-state index < -0.39 is 0 Å². The smallest absolute Gasteiger partial charge is 0.233 e. The fraction of sp³-hybridized carbons (Fsp3) is 0.348. The summed E-state index contributed by atoms with van der Waals surface area (Å²) in [4.78, 5) is 14.6. The van der Waals surface area contributed by atoms with Crippen molar-refractivity contribution < 1.29 is 19.0 Å². The number of ether oxygens (including phenoxy) is 3. The van der Waals surface area contributed by atoms with Crippen LogP contribution in [-0.4, -0.2) is 53.1 Å². The maximum Gasteiger partial charge on any atom is 0.233 e. The molecule has 0 bridgehead atoms. The van der Waals surface area contributed by atoms with Crippen LogP contribution in [0.4, 0.5) is 10.8 Å². The van der Waals surface area contributed by atoms with Crippen LogP contribution in [-0.2, 0) is 11.3 Å². The lowest BCUT2D eigenvalue weighted by molar-refractivity contribution is -0.128. The highest BCUT2D eigenvalue weighted by atomic mass is 32.2. The lowest BCUT2D eigenvalue weighted by Gasteiger charge is -2.23. The number of thioether (sulfide) groups is 1. The van der Waals surface area contributed by atoms with E-state index in [1.165, 1.54) is 23.1 Å². The lowest BCUT2D eigenvalue weighted by Crippen LogP contribution is -2.31. The van der Waals surface area contributed by atoms with E-state index >= 15 is 0 Å². The van der Waals surface area contributed by atoms with Gasteiger partial charge in [-0.05, 0) is 43.7 Å². The minimum Gasteiger partial charge on any atom is -0.492 e. The molecule has 174 valence electrons. The Kier molecular flexibility index (Phi) is 7.90. The normalized spacial score (nSPS) is 12.3. The second-order valence-corrected chi connectivity index (χ2v) is 9.30. The van der Waals surface area contributed by atoms with E-state index in [1.54, 1.807) is 0 Å². The fourth-order valence-corrected chi connectivity index (χ4v) is 4.95. The molecular formula is C23H26N4O4S2. The Morgan fingerprint density at radius 2 is 1.97 bits per heavy atom. The third-order valence-corrected chi connectivity index (χ3v) is 6.83. The molecule has 1 N–H and O–H groups in total. The number of amides is 1. The first kappa shape index (κ1) is 23.2. The van der Waals surface area contributed by atoms with Gasteiger partial charge in [-0.2, -0.15) is 0 Å². The maximum absolute atomic E-state index is 12.8. The number of benzene rings is 2. The van der Waals surface area contributed by atoms with Crippen molar-refractivity contribution in [2.24, 2.45) is 0 Å². The summed E-state index contributed by atoms with van der Waals surface area (Å²) in [6.45, 7) is 6.74. The predicted molar refractivity (Wildman–Crippen MR) is 130 cm³/mol. The monoisotopic (exact) mass is 486 g/mol. The van der Waals surface area contributed by atoms with Crippen molar-refractivity contribution in [1.82, 2.24) is 15.1 Å². The number of hydrogen-bond acceptors (Lipinski definition) is 9. The molecule has 2 aromatic carbocycles. The van der Waals surface area contributed by atoms with E-state index in [-0.39, 0.29) is 5.91 Å². The lowest BCUT2D eigenvalue weighted by atomic mass is 10.2. The van der Waals surface area contributed by atoms with Gasteiger partial charge in [0.05, 0.1) is 18.0 Å². The van der Waals surface area contributed by atoms with E-state index in [4.69, 9.17) is 14.2 Å². The summed E-state index contributed by atoms with van der Waals surface area (Å²) in [5.74, 6) is 2.58. The van der Waals surface area contributed by atoms with Gasteiger partial charge in [0.15, 0.2) is 15.8 Å². The minimum absolute atomic E-state index is 0.0452. The molecule has 4 rings (SSSR count). The van der Waals surface area contributed by atoms with Gasteiger partial charge < -0.3 is 24.4 Å². The van der Waals surface area contributed by atoms with E-state index in [1.807, 2.05) is 61.2 Å². The van der Waals surface area contributed by atoms with E-state index in [0.29, 0.717) is 43.8 Å². The predicted octanol–water partition coefficient (Wildman–Crippen LogP) is 4.59. The van der Waals surface area contributed by atoms with E-state index in [2.05, 4.69) is 15.5 Å². The summed E-state index contributed by atoms with van der Waals surface area (Å²) < 4.78 is 17.6. The van der Waals surface area contributed by atoms with Crippen molar-refractivity contribution in [3.8, 4) is 17.2 Å². The molecule has 0 unspecified atom stereocenters. The summed E-state index contributed by atoms with van der Waals surface area (Å²) in [7, 11) is 0. The van der Waals surface area contributed by atoms with Gasteiger partial charge in [-0.1, -0.05) is 41.3 Å². The number of aromatic nitrogens is 2. The third-order valence-electron chi connectivity index (χ3n) is 4.87. The van der Waals surface area contributed by atoms with Gasteiger partial charge in [-0.15, -0.1) is 10.2 Å². The highest BCUT2D eigenvalue weighted by Crippen LogP contribution is 2.33. The highest BCUT2D eigenvalue weighted by Gasteiger charge is 2.17. The molecule has 0 fully saturated rings. The zero-order chi connectivity index (χ0) is 23.0. The van der Waals surface area contributed by atoms with Crippen molar-refractivity contribution in [3.05, 3.63) is 48.0 Å². The molecule has 33 heavy (non-hydrogen) atoms. The van der Waals surface area contributed by atoms with Gasteiger partial charge in [0.1, 0.15) is 19.0 Å². The first-order valence-electron chi connectivity index (χ1n) is 10.8. The molecule has 0 saturated heterocycles. The summed E-state index contributed by atoms with van der Waals surface area (Å²) >= 11 is 2.80. The summed E-state index contributed by atoms with van der Waals surface area (Å²) in [5.41, 5.74) is 1.84. The Hall–Kier alpha value is -2.98. The highest BCUT2D eigenvalue weighted by molar-refractivity contribution is 8.01. The number of para-hydroxylation sites is 2. The molecule has 0 saturated carbocycles. The molecule has 0 atom stereocenters. The van der Waals surface area contributed by atoms with Gasteiger partial charge in [-0.25, -0.2) is 0 Å². The van der Waals surface area contributed by atoms with Crippen LogP contribution in [0.1, 0.15) is 19.4 Å². The second-order valence-electron chi connectivity index (χ2n) is 7.10. The molecule has 1 amide bonds. The Bertz CT molecular complexity index is 1090. The molecular weight excluding hydrogens is 460 g/mol. The first-order valence-corrected chi connectivity index (χ1v) is 12.6. The molecule has 1 aliphatic rings. The van der Waals surface area contributed by atoms with Crippen LogP contribution in [0.5, 0.6) is 17.2 Å². The van der Waals surface area contributed by atoms with Crippen LogP contribution in [0.3, 0.4) is 0 Å². The minimum atomic E-state index is 0.0452. The van der Waals surface area contributed by atoms with Gasteiger partial charge in [-0.3, -0.25) is 4.79 Å². The van der Waals surface area contributed by atoms with Crippen molar-refractivity contribution >= 4 is 39.8 Å². The molecule has 0 spiro atoms. The maximum atomic E-state index is 12.8.